The third kappa shape index (κ3) is 7.40. The van der Waals surface area contributed by atoms with Crippen LogP contribution in [0.25, 0.3) is 0 Å². The Morgan fingerprint density at radius 3 is 2.60 bits per heavy atom. The molecule has 1 amide bonds. The molecular weight excluding hydrogens is 336 g/mol. The van der Waals surface area contributed by atoms with E-state index in [1.807, 2.05) is 30.3 Å². The molecule has 0 saturated carbocycles. The normalized spacial score (nSPS) is 15.0. The van der Waals surface area contributed by atoms with E-state index in [4.69, 9.17) is 0 Å². The predicted molar refractivity (Wildman–Crippen MR) is 100 cm³/mol. The second kappa shape index (κ2) is 9.73. The number of nitrogens with one attached hydrogen (secondary N) is 1. The molecule has 1 aliphatic rings. The number of nitrogens with zero attached hydrogens (tertiary/aromatic N) is 1. The van der Waals surface area contributed by atoms with Gasteiger partial charge in [-0.1, -0.05) is 42.0 Å². The molecule has 5 nitrogen and oxygen atoms in total. The summed E-state index contributed by atoms with van der Waals surface area (Å²) in [6, 6.07) is 9.42. The fraction of sp³-hybridized carbons (Fsp3) is 0.526. The first-order valence-electron chi connectivity index (χ1n) is 8.89. The van der Waals surface area contributed by atoms with Crippen LogP contribution in [0.5, 0.6) is 0 Å². The summed E-state index contributed by atoms with van der Waals surface area (Å²) >= 11 is 0. The Bertz CT molecular complexity index is 684. The highest BCUT2D eigenvalue weighted by Crippen LogP contribution is 2.19. The van der Waals surface area contributed by atoms with E-state index >= 15 is 0 Å². The van der Waals surface area contributed by atoms with Gasteiger partial charge >= 0.3 is 0 Å². The van der Waals surface area contributed by atoms with Crippen molar-refractivity contribution in [3.63, 3.8) is 0 Å². The van der Waals surface area contributed by atoms with E-state index in [1.165, 1.54) is 29.0 Å². The molecule has 2 rings (SSSR count). The lowest BCUT2D eigenvalue weighted by Crippen LogP contribution is -2.34. The molecule has 25 heavy (non-hydrogen) atoms. The highest BCUT2D eigenvalue weighted by molar-refractivity contribution is 7.88. The van der Waals surface area contributed by atoms with Crippen LogP contribution in [0, 0.1) is 0 Å². The Morgan fingerprint density at radius 1 is 1.20 bits per heavy atom. The van der Waals surface area contributed by atoms with Crippen molar-refractivity contribution < 1.29 is 13.2 Å². The van der Waals surface area contributed by atoms with E-state index in [2.05, 4.69) is 11.4 Å². The topological polar surface area (TPSA) is 66.5 Å². The molecule has 0 radical (unpaired) electrons. The number of allylic oxidation sites excluding steroid dienone is 1. The summed E-state index contributed by atoms with van der Waals surface area (Å²) in [5.41, 5.74) is 2.34. The van der Waals surface area contributed by atoms with Crippen molar-refractivity contribution in [2.75, 3.05) is 19.3 Å². The molecule has 0 aliphatic heterocycles. The standard InChI is InChI=1S/C19H28N2O3S/c1-25(23,24)21(16-18-10-6-3-7-11-18)15-13-19(22)20-14-12-17-8-4-2-5-9-17/h3,6-8,10-11H,2,4-5,9,12-16H2,1H3,(H,20,22). The number of sulfonamides is 1. The maximum Gasteiger partial charge on any atom is 0.221 e. The maximum absolute atomic E-state index is 12.0. The van der Waals surface area contributed by atoms with Crippen molar-refractivity contribution >= 4 is 15.9 Å². The molecule has 1 aliphatic carbocycles. The van der Waals surface area contributed by atoms with E-state index in [1.54, 1.807) is 0 Å². The second-order valence-electron chi connectivity index (χ2n) is 6.54. The third-order valence-electron chi connectivity index (χ3n) is 4.41. The Morgan fingerprint density at radius 2 is 1.96 bits per heavy atom. The lowest BCUT2D eigenvalue weighted by atomic mass is 9.97. The number of hydrogen-bond donors (Lipinski definition) is 1. The smallest absolute Gasteiger partial charge is 0.221 e. The van der Waals surface area contributed by atoms with E-state index in [0.717, 1.165) is 24.8 Å². The zero-order valence-corrected chi connectivity index (χ0v) is 15.7. The molecule has 138 valence electrons. The van der Waals surface area contributed by atoms with Gasteiger partial charge in [-0.15, -0.1) is 0 Å². The Labute approximate surface area is 151 Å². The molecule has 0 spiro atoms. The van der Waals surface area contributed by atoms with Crippen molar-refractivity contribution in [3.05, 3.63) is 47.5 Å². The third-order valence-corrected chi connectivity index (χ3v) is 5.66. The van der Waals surface area contributed by atoms with Crippen LogP contribution < -0.4 is 5.32 Å². The van der Waals surface area contributed by atoms with Crippen LogP contribution in [0.1, 0.15) is 44.1 Å². The van der Waals surface area contributed by atoms with Crippen molar-refractivity contribution in [1.29, 1.82) is 0 Å². The number of carbonyl (C=O) groups excluding carboxylic acids is 1. The molecule has 0 atom stereocenters. The SMILES string of the molecule is CS(=O)(=O)N(CCC(=O)NCCC1=CCCCC1)Cc1ccccc1. The van der Waals surface area contributed by atoms with Crippen LogP contribution in [0.2, 0.25) is 0 Å². The molecule has 0 aromatic heterocycles. The van der Waals surface area contributed by atoms with Gasteiger partial charge in [-0.25, -0.2) is 8.42 Å². The van der Waals surface area contributed by atoms with Gasteiger partial charge in [-0.2, -0.15) is 4.31 Å². The Balaban J connectivity index is 1.77. The molecule has 0 fully saturated rings. The molecule has 1 N–H and O–H groups in total. The minimum absolute atomic E-state index is 0.0990. The number of benzene rings is 1. The number of rotatable bonds is 9. The summed E-state index contributed by atoms with van der Waals surface area (Å²) in [6.07, 6.45) is 9.32. The van der Waals surface area contributed by atoms with E-state index in [9.17, 15) is 13.2 Å². The summed E-state index contributed by atoms with van der Waals surface area (Å²) in [7, 11) is -3.35. The van der Waals surface area contributed by atoms with Gasteiger partial charge in [0.15, 0.2) is 0 Å². The van der Waals surface area contributed by atoms with Gasteiger partial charge in [0.2, 0.25) is 15.9 Å². The molecule has 1 aromatic rings. The molecule has 0 bridgehead atoms. The first kappa shape index (κ1) is 19.7. The predicted octanol–water partition coefficient (Wildman–Crippen LogP) is 2.85. The minimum Gasteiger partial charge on any atom is -0.356 e. The van der Waals surface area contributed by atoms with Gasteiger partial charge in [0.25, 0.3) is 0 Å². The maximum atomic E-state index is 12.0. The summed E-state index contributed by atoms with van der Waals surface area (Å²) in [5.74, 6) is -0.0990. The summed E-state index contributed by atoms with van der Waals surface area (Å²) < 4.78 is 25.3. The van der Waals surface area contributed by atoms with Crippen molar-refractivity contribution in [2.45, 2.75) is 45.1 Å². The molecule has 6 heteroatoms. The van der Waals surface area contributed by atoms with Gasteiger partial charge in [0, 0.05) is 26.1 Å². The van der Waals surface area contributed by atoms with Gasteiger partial charge < -0.3 is 5.32 Å². The lowest BCUT2D eigenvalue weighted by Gasteiger charge is -2.20. The van der Waals surface area contributed by atoms with Crippen molar-refractivity contribution in [2.24, 2.45) is 0 Å². The van der Waals surface area contributed by atoms with Gasteiger partial charge in [0.05, 0.1) is 6.26 Å². The van der Waals surface area contributed by atoms with Crippen LogP contribution in [0.3, 0.4) is 0 Å². The molecule has 1 aromatic carbocycles. The average Bonchev–Trinajstić information content (AvgIpc) is 2.59. The van der Waals surface area contributed by atoms with Crippen molar-refractivity contribution in [3.8, 4) is 0 Å². The van der Waals surface area contributed by atoms with E-state index in [-0.39, 0.29) is 18.9 Å². The molecule has 0 heterocycles. The fourth-order valence-corrected chi connectivity index (χ4v) is 3.76. The number of hydrogen-bond acceptors (Lipinski definition) is 3. The summed E-state index contributed by atoms with van der Waals surface area (Å²) in [4.78, 5) is 12.0. The summed E-state index contributed by atoms with van der Waals surface area (Å²) in [5, 5.41) is 2.90. The fourth-order valence-electron chi connectivity index (χ4n) is 2.96. The van der Waals surface area contributed by atoms with Gasteiger partial charge in [-0.3, -0.25) is 4.79 Å². The van der Waals surface area contributed by atoms with E-state index in [0.29, 0.717) is 13.1 Å². The number of carbonyl (C=O) groups is 1. The largest absolute Gasteiger partial charge is 0.356 e. The van der Waals surface area contributed by atoms with Crippen LogP contribution in [0.4, 0.5) is 0 Å². The molecule has 0 saturated heterocycles. The van der Waals surface area contributed by atoms with Crippen LogP contribution in [-0.4, -0.2) is 38.0 Å². The molecule has 0 unspecified atom stereocenters. The highest BCUT2D eigenvalue weighted by Gasteiger charge is 2.18. The zero-order valence-electron chi connectivity index (χ0n) is 14.9. The average molecular weight is 365 g/mol. The van der Waals surface area contributed by atoms with Gasteiger partial charge in [-0.05, 0) is 37.7 Å². The Hall–Kier alpha value is -1.66. The zero-order chi connectivity index (χ0) is 18.1. The first-order valence-corrected chi connectivity index (χ1v) is 10.7. The van der Waals surface area contributed by atoms with Crippen LogP contribution >= 0.6 is 0 Å². The lowest BCUT2D eigenvalue weighted by molar-refractivity contribution is -0.121. The quantitative estimate of drug-likeness (QED) is 0.685. The van der Waals surface area contributed by atoms with E-state index < -0.39 is 10.0 Å². The van der Waals surface area contributed by atoms with Crippen molar-refractivity contribution in [1.82, 2.24) is 9.62 Å². The van der Waals surface area contributed by atoms with Crippen LogP contribution in [-0.2, 0) is 21.4 Å². The molecular formula is C19H28N2O3S. The van der Waals surface area contributed by atoms with Crippen LogP contribution in [0.15, 0.2) is 42.0 Å². The Kier molecular flexibility index (Phi) is 7.65. The number of amides is 1. The summed E-state index contributed by atoms with van der Waals surface area (Å²) in [6.45, 7) is 1.12. The highest BCUT2D eigenvalue weighted by atomic mass is 32.2. The minimum atomic E-state index is -3.35. The first-order chi connectivity index (χ1) is 11.9. The monoisotopic (exact) mass is 364 g/mol. The second-order valence-corrected chi connectivity index (χ2v) is 8.52. The van der Waals surface area contributed by atoms with Gasteiger partial charge in [0.1, 0.15) is 0 Å².